The van der Waals surface area contributed by atoms with E-state index in [-0.39, 0.29) is 5.54 Å². The minimum atomic E-state index is -0.0147. The smallest absolute Gasteiger partial charge is 0.222 e. The Morgan fingerprint density at radius 2 is 2.08 bits per heavy atom. The largest absolute Gasteiger partial charge is 0.352 e. The lowest BCUT2D eigenvalue weighted by atomic mass is 9.78. The molecule has 0 spiro atoms. The van der Waals surface area contributed by atoms with Crippen LogP contribution >= 0.6 is 0 Å². The molecule has 0 amide bonds. The Balaban J connectivity index is 1.86. The molecule has 2 rings (SSSR count). The fraction of sp³-hybridized carbons (Fsp3) is 0.556. The first-order valence-electron chi connectivity index (χ1n) is 4.58. The minimum absolute atomic E-state index is 0.0147. The van der Waals surface area contributed by atoms with Gasteiger partial charge in [-0.05, 0) is 25.3 Å². The van der Waals surface area contributed by atoms with E-state index in [2.05, 4.69) is 15.3 Å². The quantitative estimate of drug-likeness (QED) is 0.717. The zero-order valence-electron chi connectivity index (χ0n) is 7.53. The van der Waals surface area contributed by atoms with E-state index in [1.807, 2.05) is 0 Å². The molecule has 4 heteroatoms. The Morgan fingerprint density at radius 3 is 2.62 bits per heavy atom. The Bertz CT molecular complexity index is 268. The second-order valence-corrected chi connectivity index (χ2v) is 3.64. The van der Waals surface area contributed by atoms with Crippen molar-refractivity contribution >= 4 is 5.95 Å². The first kappa shape index (κ1) is 8.44. The number of nitrogens with one attached hydrogen (secondary N) is 1. The molecule has 1 aromatic rings. The van der Waals surface area contributed by atoms with Crippen LogP contribution in [-0.2, 0) is 0 Å². The molecule has 13 heavy (non-hydrogen) atoms. The number of anilines is 1. The molecule has 0 saturated heterocycles. The van der Waals surface area contributed by atoms with Crippen molar-refractivity contribution in [3.05, 3.63) is 18.5 Å². The molecule has 70 valence electrons. The Morgan fingerprint density at radius 1 is 1.38 bits per heavy atom. The van der Waals surface area contributed by atoms with Gasteiger partial charge in [0, 0.05) is 24.5 Å². The van der Waals surface area contributed by atoms with Crippen molar-refractivity contribution in [2.45, 2.75) is 24.8 Å². The van der Waals surface area contributed by atoms with Crippen LogP contribution in [0.15, 0.2) is 18.5 Å². The second-order valence-electron chi connectivity index (χ2n) is 3.64. The van der Waals surface area contributed by atoms with E-state index in [9.17, 15) is 0 Å². The summed E-state index contributed by atoms with van der Waals surface area (Å²) < 4.78 is 0. The topological polar surface area (TPSA) is 63.8 Å². The number of hydrogen-bond donors (Lipinski definition) is 2. The summed E-state index contributed by atoms with van der Waals surface area (Å²) in [6.45, 7) is 0.775. The van der Waals surface area contributed by atoms with Crippen LogP contribution in [0.5, 0.6) is 0 Å². The minimum Gasteiger partial charge on any atom is -0.352 e. The van der Waals surface area contributed by atoms with Crippen LogP contribution in [0, 0.1) is 0 Å². The maximum atomic E-state index is 6.03. The molecule has 0 bridgehead atoms. The van der Waals surface area contributed by atoms with Gasteiger partial charge in [0.05, 0.1) is 0 Å². The molecular weight excluding hydrogens is 164 g/mol. The summed E-state index contributed by atoms with van der Waals surface area (Å²) in [4.78, 5) is 8.12. The van der Waals surface area contributed by atoms with E-state index in [0.29, 0.717) is 5.95 Å². The van der Waals surface area contributed by atoms with Gasteiger partial charge in [0.2, 0.25) is 5.95 Å². The zero-order chi connectivity index (χ0) is 9.15. The van der Waals surface area contributed by atoms with Crippen molar-refractivity contribution in [3.63, 3.8) is 0 Å². The molecule has 1 aliphatic carbocycles. The van der Waals surface area contributed by atoms with E-state index in [1.165, 1.54) is 6.42 Å². The van der Waals surface area contributed by atoms with Gasteiger partial charge < -0.3 is 11.1 Å². The van der Waals surface area contributed by atoms with Crippen molar-refractivity contribution in [2.24, 2.45) is 5.73 Å². The average Bonchev–Trinajstić information content (AvgIpc) is 2.13. The van der Waals surface area contributed by atoms with Crippen molar-refractivity contribution in [2.75, 3.05) is 11.9 Å². The Hall–Kier alpha value is -1.16. The highest BCUT2D eigenvalue weighted by Gasteiger charge is 2.32. The highest BCUT2D eigenvalue weighted by atomic mass is 15.1. The lowest BCUT2D eigenvalue weighted by Crippen LogP contribution is -2.52. The molecule has 0 radical (unpaired) electrons. The molecule has 1 heterocycles. The molecule has 0 unspecified atom stereocenters. The number of nitrogens with two attached hydrogens (primary N) is 1. The summed E-state index contributed by atoms with van der Waals surface area (Å²) in [7, 11) is 0. The summed E-state index contributed by atoms with van der Waals surface area (Å²) in [5.74, 6) is 0.666. The van der Waals surface area contributed by atoms with Crippen molar-refractivity contribution in [1.82, 2.24) is 9.97 Å². The third-order valence-electron chi connectivity index (χ3n) is 2.51. The van der Waals surface area contributed by atoms with Gasteiger partial charge in [-0.3, -0.25) is 0 Å². The third kappa shape index (κ3) is 1.95. The molecule has 0 aliphatic heterocycles. The number of rotatable bonds is 3. The van der Waals surface area contributed by atoms with E-state index in [4.69, 9.17) is 5.73 Å². The summed E-state index contributed by atoms with van der Waals surface area (Å²) in [6, 6.07) is 1.80. The summed E-state index contributed by atoms with van der Waals surface area (Å²) in [5.41, 5.74) is 6.02. The number of aromatic nitrogens is 2. The lowest BCUT2D eigenvalue weighted by molar-refractivity contribution is 0.265. The first-order valence-corrected chi connectivity index (χ1v) is 4.58. The summed E-state index contributed by atoms with van der Waals surface area (Å²) in [6.07, 6.45) is 6.89. The van der Waals surface area contributed by atoms with Gasteiger partial charge in [-0.15, -0.1) is 0 Å². The zero-order valence-corrected chi connectivity index (χ0v) is 7.53. The van der Waals surface area contributed by atoms with Crippen LogP contribution in [0.1, 0.15) is 19.3 Å². The van der Waals surface area contributed by atoms with E-state index in [1.54, 1.807) is 18.5 Å². The number of nitrogens with zero attached hydrogens (tertiary/aromatic N) is 2. The van der Waals surface area contributed by atoms with E-state index >= 15 is 0 Å². The Labute approximate surface area is 77.6 Å². The predicted octanol–water partition coefficient (Wildman–Crippen LogP) is 0.770. The molecule has 0 aromatic carbocycles. The highest BCUT2D eigenvalue weighted by molar-refractivity contribution is 5.24. The SMILES string of the molecule is NC1(CNc2ncccn2)CCC1. The maximum absolute atomic E-state index is 6.03. The van der Waals surface area contributed by atoms with Crippen LogP contribution in [-0.4, -0.2) is 22.1 Å². The van der Waals surface area contributed by atoms with Gasteiger partial charge >= 0.3 is 0 Å². The molecular formula is C9H14N4. The average molecular weight is 178 g/mol. The lowest BCUT2D eigenvalue weighted by Gasteiger charge is -2.38. The summed E-state index contributed by atoms with van der Waals surface area (Å²) >= 11 is 0. The van der Waals surface area contributed by atoms with Gasteiger partial charge in [-0.1, -0.05) is 0 Å². The van der Waals surface area contributed by atoms with Gasteiger partial charge in [0.15, 0.2) is 0 Å². The highest BCUT2D eigenvalue weighted by Crippen LogP contribution is 2.28. The van der Waals surface area contributed by atoms with Gasteiger partial charge in [0.25, 0.3) is 0 Å². The Kier molecular flexibility index (Phi) is 2.14. The normalized spacial score (nSPS) is 19.2. The van der Waals surface area contributed by atoms with Crippen LogP contribution in [0.3, 0.4) is 0 Å². The standard InChI is InChI=1S/C9H14N4/c10-9(3-1-4-9)7-13-8-11-5-2-6-12-8/h2,5-6H,1,3-4,7,10H2,(H,11,12,13). The maximum Gasteiger partial charge on any atom is 0.222 e. The number of hydrogen-bond acceptors (Lipinski definition) is 4. The van der Waals surface area contributed by atoms with Crippen LogP contribution in [0.25, 0.3) is 0 Å². The van der Waals surface area contributed by atoms with Crippen LogP contribution in [0.4, 0.5) is 5.95 Å². The monoisotopic (exact) mass is 178 g/mol. The molecule has 1 fully saturated rings. The van der Waals surface area contributed by atoms with Gasteiger partial charge in [-0.2, -0.15) is 0 Å². The van der Waals surface area contributed by atoms with Crippen molar-refractivity contribution < 1.29 is 0 Å². The summed E-state index contributed by atoms with van der Waals surface area (Å²) in [5, 5.41) is 3.14. The molecule has 4 nitrogen and oxygen atoms in total. The van der Waals surface area contributed by atoms with Crippen LogP contribution in [0.2, 0.25) is 0 Å². The molecule has 1 aromatic heterocycles. The fourth-order valence-electron chi connectivity index (χ4n) is 1.45. The molecule has 3 N–H and O–H groups in total. The molecule has 0 atom stereocenters. The fourth-order valence-corrected chi connectivity index (χ4v) is 1.45. The predicted molar refractivity (Wildman–Crippen MR) is 51.3 cm³/mol. The van der Waals surface area contributed by atoms with Crippen LogP contribution < -0.4 is 11.1 Å². The van der Waals surface area contributed by atoms with E-state index < -0.39 is 0 Å². The van der Waals surface area contributed by atoms with Crippen molar-refractivity contribution in [3.8, 4) is 0 Å². The van der Waals surface area contributed by atoms with Gasteiger partial charge in [-0.25, -0.2) is 9.97 Å². The molecule has 1 saturated carbocycles. The molecule has 1 aliphatic rings. The third-order valence-corrected chi connectivity index (χ3v) is 2.51. The second kappa shape index (κ2) is 3.30. The first-order chi connectivity index (χ1) is 6.29. The van der Waals surface area contributed by atoms with Gasteiger partial charge in [0.1, 0.15) is 0 Å². The van der Waals surface area contributed by atoms with E-state index in [0.717, 1.165) is 19.4 Å². The van der Waals surface area contributed by atoms with Crippen molar-refractivity contribution in [1.29, 1.82) is 0 Å².